The molecule has 1 aromatic heterocycles. The molecule has 0 spiro atoms. The molecule has 3 rings (SSSR count). The molecule has 1 aliphatic rings. The highest BCUT2D eigenvalue weighted by Gasteiger charge is 2.32. The molecular weight excluding hydrogens is 262 g/mol. The summed E-state index contributed by atoms with van der Waals surface area (Å²) < 4.78 is 5.50. The third kappa shape index (κ3) is 2.72. The van der Waals surface area contributed by atoms with Gasteiger partial charge in [0.2, 0.25) is 5.89 Å². The van der Waals surface area contributed by atoms with Gasteiger partial charge in [-0.3, -0.25) is 0 Å². The number of nitrogens with one attached hydrogen (secondary N) is 1. The molecule has 1 N–H and O–H groups in total. The van der Waals surface area contributed by atoms with Crippen LogP contribution in [0.1, 0.15) is 61.9 Å². The van der Waals surface area contributed by atoms with Crippen molar-refractivity contribution < 1.29 is 4.52 Å². The normalized spacial score (nSPS) is 19.7. The van der Waals surface area contributed by atoms with E-state index in [-0.39, 0.29) is 5.92 Å². The van der Waals surface area contributed by atoms with Gasteiger partial charge < -0.3 is 9.84 Å². The highest BCUT2D eigenvalue weighted by atomic mass is 16.5. The fourth-order valence-electron chi connectivity index (χ4n) is 2.83. The van der Waals surface area contributed by atoms with Crippen molar-refractivity contribution in [1.29, 1.82) is 0 Å². The molecule has 1 aromatic carbocycles. The highest BCUT2D eigenvalue weighted by Crippen LogP contribution is 2.38. The van der Waals surface area contributed by atoms with Crippen LogP contribution in [0.3, 0.4) is 0 Å². The largest absolute Gasteiger partial charge is 0.339 e. The Morgan fingerprint density at radius 2 is 2.14 bits per heavy atom. The zero-order chi connectivity index (χ0) is 14.8. The first-order chi connectivity index (χ1) is 10.2. The molecule has 4 nitrogen and oxygen atoms in total. The summed E-state index contributed by atoms with van der Waals surface area (Å²) in [6.45, 7) is 7.49. The highest BCUT2D eigenvalue weighted by molar-refractivity contribution is 5.43. The predicted molar refractivity (Wildman–Crippen MR) is 82.5 cm³/mol. The van der Waals surface area contributed by atoms with Gasteiger partial charge in [0, 0.05) is 6.04 Å². The van der Waals surface area contributed by atoms with E-state index >= 15 is 0 Å². The first-order valence-corrected chi connectivity index (χ1v) is 7.85. The molecule has 3 atom stereocenters. The number of nitrogens with zero attached hydrogens (tertiary/aromatic N) is 2. The minimum Gasteiger partial charge on any atom is -0.339 e. The van der Waals surface area contributed by atoms with Crippen LogP contribution < -0.4 is 5.32 Å². The van der Waals surface area contributed by atoms with Crippen LogP contribution in [0.4, 0.5) is 0 Å². The van der Waals surface area contributed by atoms with E-state index in [9.17, 15) is 0 Å². The molecule has 1 heterocycles. The molecule has 0 saturated heterocycles. The molecular formula is C17H23N3O. The van der Waals surface area contributed by atoms with Crippen molar-refractivity contribution in [3.05, 3.63) is 47.1 Å². The lowest BCUT2D eigenvalue weighted by Crippen LogP contribution is -2.31. The van der Waals surface area contributed by atoms with Crippen LogP contribution in [0.5, 0.6) is 0 Å². The topological polar surface area (TPSA) is 51.0 Å². The maximum absolute atomic E-state index is 5.50. The Bertz CT molecular complexity index is 608. The Labute approximate surface area is 126 Å². The summed E-state index contributed by atoms with van der Waals surface area (Å²) in [5, 5.41) is 7.69. The molecule has 0 radical (unpaired) electrons. The van der Waals surface area contributed by atoms with Gasteiger partial charge in [0.25, 0.3) is 0 Å². The molecule has 0 amide bonds. The summed E-state index contributed by atoms with van der Waals surface area (Å²) in [5.74, 6) is 2.11. The second-order valence-corrected chi connectivity index (χ2v) is 5.98. The van der Waals surface area contributed by atoms with Gasteiger partial charge in [-0.05, 0) is 37.4 Å². The van der Waals surface area contributed by atoms with E-state index in [1.54, 1.807) is 0 Å². The van der Waals surface area contributed by atoms with Gasteiger partial charge in [-0.25, -0.2) is 0 Å². The summed E-state index contributed by atoms with van der Waals surface area (Å²) in [6, 6.07) is 8.83. The van der Waals surface area contributed by atoms with E-state index in [0.717, 1.165) is 31.1 Å². The smallest absolute Gasteiger partial charge is 0.231 e. The number of hydrogen-bond acceptors (Lipinski definition) is 4. The number of hydrogen-bond donors (Lipinski definition) is 1. The lowest BCUT2D eigenvalue weighted by molar-refractivity contribution is 0.327. The van der Waals surface area contributed by atoms with Crippen molar-refractivity contribution in [3.8, 4) is 0 Å². The molecule has 0 saturated carbocycles. The Hall–Kier alpha value is -1.68. The third-order valence-corrected chi connectivity index (χ3v) is 4.48. The lowest BCUT2D eigenvalue weighted by atomic mass is 9.77. The monoisotopic (exact) mass is 285 g/mol. The lowest BCUT2D eigenvalue weighted by Gasteiger charge is -2.27. The number of aromatic nitrogens is 2. The molecule has 21 heavy (non-hydrogen) atoms. The summed E-state index contributed by atoms with van der Waals surface area (Å²) in [5.41, 5.74) is 2.74. The van der Waals surface area contributed by atoms with Gasteiger partial charge in [-0.1, -0.05) is 43.3 Å². The third-order valence-electron chi connectivity index (χ3n) is 4.48. The van der Waals surface area contributed by atoms with Gasteiger partial charge in [0.05, 0.1) is 11.8 Å². The zero-order valence-electron chi connectivity index (χ0n) is 13.0. The Balaban J connectivity index is 1.70. The van der Waals surface area contributed by atoms with Gasteiger partial charge in [0.15, 0.2) is 5.82 Å². The maximum atomic E-state index is 5.50. The second-order valence-electron chi connectivity index (χ2n) is 5.98. The molecule has 3 unspecified atom stereocenters. The first-order valence-electron chi connectivity index (χ1n) is 7.85. The van der Waals surface area contributed by atoms with Gasteiger partial charge >= 0.3 is 0 Å². The van der Waals surface area contributed by atoms with Crippen LogP contribution in [0, 0.1) is 0 Å². The molecule has 0 fully saturated rings. The fraction of sp³-hybridized carbons (Fsp3) is 0.529. The summed E-state index contributed by atoms with van der Waals surface area (Å²) in [7, 11) is 0. The molecule has 4 heteroatoms. The van der Waals surface area contributed by atoms with Gasteiger partial charge in [0.1, 0.15) is 0 Å². The van der Waals surface area contributed by atoms with E-state index in [2.05, 4.69) is 60.5 Å². The van der Waals surface area contributed by atoms with Gasteiger partial charge in [-0.2, -0.15) is 4.98 Å². The summed E-state index contributed by atoms with van der Waals surface area (Å²) >= 11 is 0. The number of fused-ring (bicyclic) bond motifs is 1. The Morgan fingerprint density at radius 1 is 1.33 bits per heavy atom. The molecule has 112 valence electrons. The Morgan fingerprint density at radius 3 is 2.90 bits per heavy atom. The van der Waals surface area contributed by atoms with Crippen molar-refractivity contribution in [2.45, 2.75) is 51.5 Å². The van der Waals surface area contributed by atoms with E-state index in [1.807, 2.05) is 0 Å². The molecule has 0 bridgehead atoms. The zero-order valence-corrected chi connectivity index (χ0v) is 13.0. The summed E-state index contributed by atoms with van der Waals surface area (Å²) in [4.78, 5) is 4.64. The number of benzene rings is 1. The van der Waals surface area contributed by atoms with Crippen LogP contribution in [-0.2, 0) is 6.42 Å². The minimum absolute atomic E-state index is 0.230. The minimum atomic E-state index is 0.230. The van der Waals surface area contributed by atoms with Crippen molar-refractivity contribution in [1.82, 2.24) is 15.5 Å². The van der Waals surface area contributed by atoms with Crippen molar-refractivity contribution in [2.24, 2.45) is 0 Å². The maximum Gasteiger partial charge on any atom is 0.231 e. The molecule has 1 aliphatic carbocycles. The summed E-state index contributed by atoms with van der Waals surface area (Å²) in [6.07, 6.45) is 2.15. The molecule has 2 aromatic rings. The first kappa shape index (κ1) is 14.3. The average molecular weight is 285 g/mol. The van der Waals surface area contributed by atoms with E-state index in [1.165, 1.54) is 11.1 Å². The average Bonchev–Trinajstić information content (AvgIpc) is 2.94. The Kier molecular flexibility index (Phi) is 4.06. The second kappa shape index (κ2) is 5.98. The van der Waals surface area contributed by atoms with Crippen LogP contribution in [0.2, 0.25) is 0 Å². The van der Waals surface area contributed by atoms with Crippen molar-refractivity contribution >= 4 is 0 Å². The van der Waals surface area contributed by atoms with Crippen LogP contribution in [0.25, 0.3) is 0 Å². The van der Waals surface area contributed by atoms with E-state index in [0.29, 0.717) is 12.0 Å². The molecule has 0 aliphatic heterocycles. The van der Waals surface area contributed by atoms with E-state index in [4.69, 9.17) is 4.52 Å². The SMILES string of the molecule is CCCNC(C)C(C)c1nc(C2Cc3ccccc32)no1. The van der Waals surface area contributed by atoms with Crippen molar-refractivity contribution in [3.63, 3.8) is 0 Å². The fourth-order valence-corrected chi connectivity index (χ4v) is 2.83. The van der Waals surface area contributed by atoms with Crippen molar-refractivity contribution in [2.75, 3.05) is 6.54 Å². The quantitative estimate of drug-likeness (QED) is 0.885. The van der Waals surface area contributed by atoms with Crippen LogP contribution in [-0.4, -0.2) is 22.7 Å². The van der Waals surface area contributed by atoms with Crippen LogP contribution >= 0.6 is 0 Å². The number of rotatable bonds is 6. The standard InChI is InChI=1S/C17H23N3O/c1-4-9-18-12(3)11(2)17-19-16(20-21-17)15-10-13-7-5-6-8-14(13)15/h5-8,11-12,15,18H,4,9-10H2,1-3H3. The van der Waals surface area contributed by atoms with Crippen LogP contribution in [0.15, 0.2) is 28.8 Å². The predicted octanol–water partition coefficient (Wildman–Crippen LogP) is 3.25. The van der Waals surface area contributed by atoms with Gasteiger partial charge in [-0.15, -0.1) is 0 Å². The van der Waals surface area contributed by atoms with E-state index < -0.39 is 0 Å².